The quantitative estimate of drug-likeness (QED) is 0.185. The van der Waals surface area contributed by atoms with Crippen molar-refractivity contribution in [3.8, 4) is 22.6 Å². The van der Waals surface area contributed by atoms with Crippen LogP contribution in [0.2, 0.25) is 0 Å². The van der Waals surface area contributed by atoms with E-state index >= 15 is 0 Å². The van der Waals surface area contributed by atoms with E-state index in [0.717, 1.165) is 44.8 Å². The molecule has 50 heavy (non-hydrogen) atoms. The van der Waals surface area contributed by atoms with Crippen molar-refractivity contribution in [2.24, 2.45) is 0 Å². The van der Waals surface area contributed by atoms with Crippen molar-refractivity contribution in [2.45, 2.75) is 0 Å². The number of benzene rings is 8. The summed E-state index contributed by atoms with van der Waals surface area (Å²) in [5, 5.41) is 8.56. The Kier molecular flexibility index (Phi) is 6.68. The average molecular weight is 656 g/mol. The molecule has 0 fully saturated rings. The van der Waals surface area contributed by atoms with E-state index in [1.54, 1.807) is 0 Å². The fraction of sp³-hybridized carbons (Fsp3) is 0. The average Bonchev–Trinajstić information content (AvgIpc) is 3.54. The molecular formula is C46H29N3S. The van der Waals surface area contributed by atoms with Gasteiger partial charge in [0.1, 0.15) is 0 Å². The summed E-state index contributed by atoms with van der Waals surface area (Å²) in [7, 11) is 0. The van der Waals surface area contributed by atoms with Crippen molar-refractivity contribution >= 4 is 81.0 Å². The van der Waals surface area contributed by atoms with Crippen molar-refractivity contribution in [1.29, 1.82) is 0 Å². The van der Waals surface area contributed by atoms with Crippen LogP contribution in [0.3, 0.4) is 0 Å². The Labute approximate surface area is 293 Å². The van der Waals surface area contributed by atoms with Crippen molar-refractivity contribution in [3.63, 3.8) is 0 Å². The highest BCUT2D eigenvalue weighted by Gasteiger charge is 2.16. The summed E-state index contributed by atoms with van der Waals surface area (Å²) in [5.41, 5.74) is 7.21. The topological polar surface area (TPSA) is 29.0 Å². The number of nitrogens with zero attached hydrogens (tertiary/aromatic N) is 3. The summed E-state index contributed by atoms with van der Waals surface area (Å²) in [4.78, 5) is 12.6. The fourth-order valence-electron chi connectivity index (χ4n) is 7.13. The standard InChI is InChI=1S/C46H29N3S/c1-2-14-36(15-3-1)49(38-24-18-30-10-4-5-11-32(30)26-38)37-22-19-31(20-23-37)46-47-42-17-9-8-16-39(42)45(48-46)35-21-25-43-40(28-35)41-27-33-12-6-7-13-34(33)29-44(41)50-43/h1-29H. The van der Waals surface area contributed by atoms with E-state index in [0.29, 0.717) is 5.82 Å². The molecule has 4 heteroatoms. The molecule has 0 saturated carbocycles. The fourth-order valence-corrected chi connectivity index (χ4v) is 8.25. The van der Waals surface area contributed by atoms with Gasteiger partial charge in [0.25, 0.3) is 0 Å². The van der Waals surface area contributed by atoms with Crippen LogP contribution in [0.1, 0.15) is 0 Å². The predicted octanol–water partition coefficient (Wildman–Crippen LogP) is 13.1. The lowest BCUT2D eigenvalue weighted by molar-refractivity contribution is 1.22. The van der Waals surface area contributed by atoms with Crippen molar-refractivity contribution in [2.75, 3.05) is 4.90 Å². The minimum absolute atomic E-state index is 0.712. The second kappa shape index (κ2) is 11.7. The van der Waals surface area contributed by atoms with Gasteiger partial charge in [0, 0.05) is 53.7 Å². The van der Waals surface area contributed by atoms with Crippen molar-refractivity contribution in [3.05, 3.63) is 176 Å². The van der Waals surface area contributed by atoms with Gasteiger partial charge in [-0.25, -0.2) is 9.97 Å². The Morgan fingerprint density at radius 1 is 0.380 bits per heavy atom. The zero-order chi connectivity index (χ0) is 33.0. The van der Waals surface area contributed by atoms with E-state index in [1.807, 2.05) is 17.4 Å². The van der Waals surface area contributed by atoms with Gasteiger partial charge in [-0.1, -0.05) is 97.1 Å². The normalized spacial score (nSPS) is 11.6. The molecule has 3 nitrogen and oxygen atoms in total. The van der Waals surface area contributed by atoms with Crippen molar-refractivity contribution in [1.82, 2.24) is 9.97 Å². The Hall–Kier alpha value is -6.36. The molecule has 0 spiro atoms. The minimum atomic E-state index is 0.712. The van der Waals surface area contributed by atoms with E-state index in [4.69, 9.17) is 9.97 Å². The smallest absolute Gasteiger partial charge is 0.160 e. The second-order valence-electron chi connectivity index (χ2n) is 12.7. The van der Waals surface area contributed by atoms with E-state index in [-0.39, 0.29) is 0 Å². The monoisotopic (exact) mass is 655 g/mol. The minimum Gasteiger partial charge on any atom is -0.310 e. The molecule has 0 N–H and O–H groups in total. The molecule has 2 aromatic heterocycles. The largest absolute Gasteiger partial charge is 0.310 e. The molecule has 2 heterocycles. The zero-order valence-corrected chi connectivity index (χ0v) is 27.8. The van der Waals surface area contributed by atoms with Gasteiger partial charge in [0.2, 0.25) is 0 Å². The Morgan fingerprint density at radius 2 is 1.00 bits per heavy atom. The SMILES string of the molecule is c1ccc(N(c2ccc(-c3nc(-c4ccc5sc6cc7ccccc7cc6c5c4)c4ccccc4n3)cc2)c2ccc3ccccc3c2)cc1. The summed E-state index contributed by atoms with van der Waals surface area (Å²) >= 11 is 1.85. The molecule has 234 valence electrons. The van der Waals surface area contributed by atoms with Gasteiger partial charge in [0.05, 0.1) is 11.2 Å². The van der Waals surface area contributed by atoms with Crippen LogP contribution in [0.5, 0.6) is 0 Å². The van der Waals surface area contributed by atoms with Crippen LogP contribution >= 0.6 is 11.3 Å². The summed E-state index contributed by atoms with van der Waals surface area (Å²) < 4.78 is 2.58. The molecule has 0 radical (unpaired) electrons. The van der Waals surface area contributed by atoms with Crippen LogP contribution in [-0.2, 0) is 0 Å². The van der Waals surface area contributed by atoms with Crippen molar-refractivity contribution < 1.29 is 0 Å². The highest BCUT2D eigenvalue weighted by atomic mass is 32.1. The van der Waals surface area contributed by atoms with Crippen LogP contribution in [0, 0.1) is 0 Å². The highest BCUT2D eigenvalue weighted by molar-refractivity contribution is 7.25. The number of anilines is 3. The maximum atomic E-state index is 5.27. The molecule has 10 aromatic rings. The number of rotatable bonds is 5. The molecule has 0 aliphatic heterocycles. The number of aromatic nitrogens is 2. The van der Waals surface area contributed by atoms with Gasteiger partial charge in [0.15, 0.2) is 5.82 Å². The van der Waals surface area contributed by atoms with Crippen LogP contribution in [0.4, 0.5) is 17.1 Å². The molecule has 0 saturated heterocycles. The molecule has 0 unspecified atom stereocenters. The molecule has 0 amide bonds. The third-order valence-corrected chi connectivity index (χ3v) is 10.7. The Balaban J connectivity index is 1.08. The van der Waals surface area contributed by atoms with Gasteiger partial charge in [-0.2, -0.15) is 0 Å². The first kappa shape index (κ1) is 28.6. The van der Waals surface area contributed by atoms with Gasteiger partial charge < -0.3 is 4.90 Å². The summed E-state index contributed by atoms with van der Waals surface area (Å²) in [6.07, 6.45) is 0. The van der Waals surface area contributed by atoms with Gasteiger partial charge in [-0.05, 0) is 100 Å². The summed E-state index contributed by atoms with van der Waals surface area (Å²) in [5.74, 6) is 0.712. The molecule has 8 aromatic carbocycles. The van der Waals surface area contributed by atoms with E-state index < -0.39 is 0 Å². The van der Waals surface area contributed by atoms with Crippen LogP contribution in [-0.4, -0.2) is 9.97 Å². The maximum Gasteiger partial charge on any atom is 0.160 e. The second-order valence-corrected chi connectivity index (χ2v) is 13.8. The molecule has 0 bridgehead atoms. The summed E-state index contributed by atoms with van der Waals surface area (Å²) in [6, 6.07) is 62.6. The maximum absolute atomic E-state index is 5.27. The third-order valence-electron chi connectivity index (χ3n) is 9.60. The molecule has 0 aliphatic carbocycles. The zero-order valence-electron chi connectivity index (χ0n) is 27.0. The lowest BCUT2D eigenvalue weighted by Gasteiger charge is -2.26. The molecular weight excluding hydrogens is 627 g/mol. The highest BCUT2D eigenvalue weighted by Crippen LogP contribution is 2.40. The molecule has 0 aliphatic rings. The third kappa shape index (κ3) is 4.89. The van der Waals surface area contributed by atoms with Gasteiger partial charge in [-0.3, -0.25) is 0 Å². The Bertz CT molecular complexity index is 2880. The number of hydrogen-bond donors (Lipinski definition) is 0. The molecule has 10 rings (SSSR count). The number of para-hydroxylation sites is 2. The van der Waals surface area contributed by atoms with Crippen LogP contribution < -0.4 is 4.90 Å². The molecule has 0 atom stereocenters. The summed E-state index contributed by atoms with van der Waals surface area (Å²) in [6.45, 7) is 0. The first-order valence-electron chi connectivity index (χ1n) is 16.8. The number of hydrogen-bond acceptors (Lipinski definition) is 4. The van der Waals surface area contributed by atoms with Crippen LogP contribution in [0.25, 0.3) is 75.3 Å². The van der Waals surface area contributed by atoms with Gasteiger partial charge >= 0.3 is 0 Å². The lowest BCUT2D eigenvalue weighted by Crippen LogP contribution is -2.09. The first-order chi connectivity index (χ1) is 24.7. The van der Waals surface area contributed by atoms with Crippen LogP contribution in [0.15, 0.2) is 176 Å². The predicted molar refractivity (Wildman–Crippen MR) is 213 cm³/mol. The number of fused-ring (bicyclic) bond motifs is 6. The van der Waals surface area contributed by atoms with E-state index in [1.165, 1.54) is 41.7 Å². The number of thiophene rings is 1. The van der Waals surface area contributed by atoms with E-state index in [2.05, 4.69) is 175 Å². The lowest BCUT2D eigenvalue weighted by atomic mass is 10.0. The van der Waals surface area contributed by atoms with Gasteiger partial charge in [-0.15, -0.1) is 11.3 Å². The Morgan fingerprint density at radius 3 is 1.82 bits per heavy atom. The first-order valence-corrected chi connectivity index (χ1v) is 17.6. The van der Waals surface area contributed by atoms with E-state index in [9.17, 15) is 0 Å².